The monoisotopic (exact) mass is 235 g/mol. The van der Waals surface area contributed by atoms with Gasteiger partial charge in [-0.15, -0.1) is 0 Å². The van der Waals surface area contributed by atoms with Crippen molar-refractivity contribution in [2.45, 2.75) is 51.5 Å². The highest BCUT2D eigenvalue weighted by Crippen LogP contribution is 2.45. The van der Waals surface area contributed by atoms with Crippen molar-refractivity contribution in [3.8, 4) is 0 Å². The van der Waals surface area contributed by atoms with Crippen LogP contribution in [0.15, 0.2) is 0 Å². The lowest BCUT2D eigenvalue weighted by molar-refractivity contribution is -0.137. The number of ketones is 1. The van der Waals surface area contributed by atoms with Gasteiger partial charge in [0.1, 0.15) is 5.78 Å². The van der Waals surface area contributed by atoms with Crippen molar-refractivity contribution >= 4 is 11.7 Å². The summed E-state index contributed by atoms with van der Waals surface area (Å²) in [5.74, 6) is 1.96. The van der Waals surface area contributed by atoms with Crippen molar-refractivity contribution in [1.82, 2.24) is 4.90 Å². The Balaban J connectivity index is 1.94. The molecule has 1 aliphatic carbocycles. The van der Waals surface area contributed by atoms with Crippen molar-refractivity contribution < 1.29 is 9.59 Å². The maximum Gasteiger partial charge on any atom is 0.222 e. The van der Waals surface area contributed by atoms with Crippen LogP contribution in [0.4, 0.5) is 0 Å². The van der Waals surface area contributed by atoms with Gasteiger partial charge in [0.15, 0.2) is 0 Å². The van der Waals surface area contributed by atoms with Crippen molar-refractivity contribution in [3.63, 3.8) is 0 Å². The molecular formula is C14H21NO2. The number of Topliss-reactive ketones (excluding diaryl/α,β-unsaturated/α-hetero) is 1. The predicted octanol–water partition coefficient (Wildman–Crippen LogP) is 2.00. The fraction of sp³-hybridized carbons (Fsp3) is 0.857. The molecule has 0 bridgehead atoms. The van der Waals surface area contributed by atoms with Crippen LogP contribution in [0.5, 0.6) is 0 Å². The Hall–Kier alpha value is -0.860. The van der Waals surface area contributed by atoms with Gasteiger partial charge in [-0.3, -0.25) is 9.59 Å². The second kappa shape index (κ2) is 4.11. The van der Waals surface area contributed by atoms with E-state index in [9.17, 15) is 9.59 Å². The first-order valence-corrected chi connectivity index (χ1v) is 7.04. The van der Waals surface area contributed by atoms with Gasteiger partial charge in [-0.25, -0.2) is 0 Å². The maximum absolute atomic E-state index is 12.2. The molecule has 0 aromatic rings. The minimum atomic E-state index is 0.225. The van der Waals surface area contributed by atoms with Gasteiger partial charge in [0.2, 0.25) is 5.91 Å². The van der Waals surface area contributed by atoms with E-state index in [0.29, 0.717) is 36.0 Å². The first kappa shape index (κ1) is 11.2. The molecule has 2 heterocycles. The third-order valence-electron chi connectivity index (χ3n) is 5.10. The van der Waals surface area contributed by atoms with E-state index in [1.165, 1.54) is 0 Å². The first-order valence-electron chi connectivity index (χ1n) is 7.04. The molecule has 3 fully saturated rings. The van der Waals surface area contributed by atoms with Gasteiger partial charge in [0.25, 0.3) is 0 Å². The standard InChI is InChI=1S/C14H21NO2/c1-2-10-11-4-3-5-13(17)15-7-6-9(14(11)15)8-12(10)16/h9-11,14H,2-8H2,1H3/t9-,10?,11?,14?/m1/s1. The normalized spacial score (nSPS) is 41.4. The van der Waals surface area contributed by atoms with E-state index in [0.717, 1.165) is 38.6 Å². The molecule has 3 unspecified atom stereocenters. The van der Waals surface area contributed by atoms with Gasteiger partial charge < -0.3 is 4.90 Å². The predicted molar refractivity (Wildman–Crippen MR) is 64.4 cm³/mol. The van der Waals surface area contributed by atoms with E-state index in [4.69, 9.17) is 0 Å². The lowest BCUT2D eigenvalue weighted by Crippen LogP contribution is -2.48. The Kier molecular flexibility index (Phi) is 2.72. The fourth-order valence-corrected chi connectivity index (χ4v) is 4.40. The van der Waals surface area contributed by atoms with E-state index in [1.54, 1.807) is 0 Å². The van der Waals surface area contributed by atoms with Gasteiger partial charge in [0, 0.05) is 31.3 Å². The molecule has 3 heteroatoms. The molecule has 0 radical (unpaired) electrons. The van der Waals surface area contributed by atoms with Crippen LogP contribution in [0, 0.1) is 17.8 Å². The number of hydrogen-bond donors (Lipinski definition) is 0. The molecule has 0 N–H and O–H groups in total. The summed E-state index contributed by atoms with van der Waals surface area (Å²) in [4.78, 5) is 26.3. The van der Waals surface area contributed by atoms with Crippen molar-refractivity contribution in [3.05, 3.63) is 0 Å². The Bertz CT molecular complexity index is 352. The first-order chi connectivity index (χ1) is 8.22. The lowest BCUT2D eigenvalue weighted by atomic mass is 9.68. The summed E-state index contributed by atoms with van der Waals surface area (Å²) in [7, 11) is 0. The smallest absolute Gasteiger partial charge is 0.222 e. The van der Waals surface area contributed by atoms with Gasteiger partial charge in [-0.2, -0.15) is 0 Å². The minimum Gasteiger partial charge on any atom is -0.339 e. The quantitative estimate of drug-likeness (QED) is 0.697. The summed E-state index contributed by atoms with van der Waals surface area (Å²) < 4.78 is 0. The maximum atomic E-state index is 12.2. The molecule has 3 nitrogen and oxygen atoms in total. The van der Waals surface area contributed by atoms with Crippen LogP contribution in [0.1, 0.15) is 45.4 Å². The van der Waals surface area contributed by atoms with Crippen LogP contribution in [0.2, 0.25) is 0 Å². The second-order valence-electron chi connectivity index (χ2n) is 5.87. The van der Waals surface area contributed by atoms with E-state index in [1.807, 2.05) is 0 Å². The molecule has 3 rings (SSSR count). The Morgan fingerprint density at radius 3 is 2.88 bits per heavy atom. The van der Waals surface area contributed by atoms with Crippen LogP contribution >= 0.6 is 0 Å². The van der Waals surface area contributed by atoms with Crippen LogP contribution in [0.3, 0.4) is 0 Å². The van der Waals surface area contributed by atoms with E-state index < -0.39 is 0 Å². The zero-order chi connectivity index (χ0) is 12.0. The van der Waals surface area contributed by atoms with Gasteiger partial charge >= 0.3 is 0 Å². The molecule has 0 aromatic heterocycles. The summed E-state index contributed by atoms with van der Waals surface area (Å²) in [5.41, 5.74) is 0. The Morgan fingerprint density at radius 1 is 1.29 bits per heavy atom. The highest BCUT2D eigenvalue weighted by Gasteiger charge is 2.50. The topological polar surface area (TPSA) is 37.4 Å². The molecule has 1 saturated carbocycles. The summed E-state index contributed by atoms with van der Waals surface area (Å²) >= 11 is 0. The number of nitrogens with zero attached hydrogens (tertiary/aromatic N) is 1. The third-order valence-corrected chi connectivity index (χ3v) is 5.10. The lowest BCUT2D eigenvalue weighted by Gasteiger charge is -2.41. The minimum absolute atomic E-state index is 0.225. The third kappa shape index (κ3) is 1.62. The summed E-state index contributed by atoms with van der Waals surface area (Å²) in [6, 6.07) is 0.396. The second-order valence-corrected chi connectivity index (χ2v) is 5.87. The Labute approximate surface area is 103 Å². The SMILES string of the molecule is CCC1C(=O)C[C@H]2CCN3C(=O)CCCC1C23. The van der Waals surface area contributed by atoms with Gasteiger partial charge in [0.05, 0.1) is 0 Å². The summed E-state index contributed by atoms with van der Waals surface area (Å²) in [6.45, 7) is 3.02. The van der Waals surface area contributed by atoms with Crippen molar-refractivity contribution in [1.29, 1.82) is 0 Å². The molecular weight excluding hydrogens is 214 g/mol. The largest absolute Gasteiger partial charge is 0.339 e. The molecule has 2 saturated heterocycles. The molecule has 0 aromatic carbocycles. The summed E-state index contributed by atoms with van der Waals surface area (Å²) in [5, 5.41) is 0. The average molecular weight is 235 g/mol. The number of hydrogen-bond acceptors (Lipinski definition) is 2. The molecule has 1 amide bonds. The van der Waals surface area contributed by atoms with Gasteiger partial charge in [-0.1, -0.05) is 6.92 Å². The number of amides is 1. The average Bonchev–Trinajstić information content (AvgIpc) is 2.64. The van der Waals surface area contributed by atoms with E-state index >= 15 is 0 Å². The number of rotatable bonds is 1. The molecule has 94 valence electrons. The van der Waals surface area contributed by atoms with Crippen molar-refractivity contribution in [2.75, 3.05) is 6.54 Å². The highest BCUT2D eigenvalue weighted by molar-refractivity contribution is 5.84. The van der Waals surface area contributed by atoms with E-state index in [2.05, 4.69) is 11.8 Å². The van der Waals surface area contributed by atoms with Crippen molar-refractivity contribution in [2.24, 2.45) is 17.8 Å². The number of carbonyl (C=O) groups is 2. The molecule has 4 atom stereocenters. The van der Waals surface area contributed by atoms with Crippen LogP contribution in [-0.4, -0.2) is 29.2 Å². The van der Waals surface area contributed by atoms with E-state index in [-0.39, 0.29) is 5.92 Å². The van der Waals surface area contributed by atoms with Gasteiger partial charge in [-0.05, 0) is 37.5 Å². The molecule has 2 aliphatic heterocycles. The zero-order valence-corrected chi connectivity index (χ0v) is 10.5. The summed E-state index contributed by atoms with van der Waals surface area (Å²) in [6.07, 6.45) is 5.48. The number of carbonyl (C=O) groups excluding carboxylic acids is 2. The van der Waals surface area contributed by atoms with Crippen LogP contribution in [0.25, 0.3) is 0 Å². The van der Waals surface area contributed by atoms with Crippen LogP contribution < -0.4 is 0 Å². The fourth-order valence-electron chi connectivity index (χ4n) is 4.40. The molecule has 3 aliphatic rings. The van der Waals surface area contributed by atoms with Crippen LogP contribution in [-0.2, 0) is 9.59 Å². The zero-order valence-electron chi connectivity index (χ0n) is 10.5. The Morgan fingerprint density at radius 2 is 2.12 bits per heavy atom. The highest BCUT2D eigenvalue weighted by atomic mass is 16.2. The molecule has 17 heavy (non-hydrogen) atoms. The molecule has 0 spiro atoms.